The number of thiocarbonyl (C=S) groups is 1. The number of hydrogen-bond donors (Lipinski definition) is 1. The van der Waals surface area contributed by atoms with Crippen LogP contribution >= 0.6 is 23.8 Å². The molecule has 0 radical (unpaired) electrons. The minimum absolute atomic E-state index is 0.147. The predicted octanol–water partition coefficient (Wildman–Crippen LogP) is 6.69. The Labute approximate surface area is 261 Å². The van der Waals surface area contributed by atoms with Crippen molar-refractivity contribution in [1.82, 2.24) is 5.32 Å². The van der Waals surface area contributed by atoms with Gasteiger partial charge in [-0.2, -0.15) is 0 Å². The van der Waals surface area contributed by atoms with Gasteiger partial charge in [0.05, 0.1) is 25.9 Å². The van der Waals surface area contributed by atoms with E-state index < -0.39 is 14.4 Å². The normalized spacial score (nSPS) is 19.0. The van der Waals surface area contributed by atoms with Crippen molar-refractivity contribution in [3.63, 3.8) is 0 Å². The molecule has 1 saturated heterocycles. The van der Waals surface area contributed by atoms with Crippen LogP contribution < -0.4 is 15.7 Å². The highest BCUT2D eigenvalue weighted by Crippen LogP contribution is 2.37. The van der Waals surface area contributed by atoms with E-state index in [4.69, 9.17) is 37.7 Å². The molecule has 7 heteroatoms. The molecule has 4 aromatic carbocycles. The maximum atomic E-state index is 7.27. The van der Waals surface area contributed by atoms with E-state index in [0.717, 1.165) is 11.1 Å². The molecule has 0 spiro atoms. The van der Waals surface area contributed by atoms with Crippen LogP contribution in [0.5, 0.6) is 0 Å². The van der Waals surface area contributed by atoms with Crippen LogP contribution in [0.15, 0.2) is 115 Å². The molecular formula is C35H38ClNO3SSi. The van der Waals surface area contributed by atoms with Crippen LogP contribution in [-0.2, 0) is 27.1 Å². The Bertz CT molecular complexity index is 1410. The minimum atomic E-state index is -2.76. The van der Waals surface area contributed by atoms with Crippen LogP contribution in [0.25, 0.3) is 0 Å². The first-order chi connectivity index (χ1) is 20.3. The highest BCUT2D eigenvalue weighted by Gasteiger charge is 2.52. The predicted molar refractivity (Wildman–Crippen MR) is 178 cm³/mol. The summed E-state index contributed by atoms with van der Waals surface area (Å²) in [5.74, 6) is 0. The highest BCUT2D eigenvalue weighted by atomic mass is 35.5. The lowest BCUT2D eigenvalue weighted by molar-refractivity contribution is -0.0608. The fraction of sp³-hybridized carbons (Fsp3) is 0.286. The van der Waals surface area contributed by atoms with E-state index in [1.54, 1.807) is 0 Å². The van der Waals surface area contributed by atoms with Gasteiger partial charge in [0.15, 0.2) is 0 Å². The average Bonchev–Trinajstić information content (AvgIpc) is 3.30. The summed E-state index contributed by atoms with van der Waals surface area (Å²) in [7, 11) is -2.76. The molecule has 3 atom stereocenters. The summed E-state index contributed by atoms with van der Waals surface area (Å²) in [5, 5.41) is 6.50. The molecule has 3 unspecified atom stereocenters. The van der Waals surface area contributed by atoms with Gasteiger partial charge in [0.2, 0.25) is 0 Å². The highest BCUT2D eigenvalue weighted by molar-refractivity contribution is 7.80. The minimum Gasteiger partial charge on any atom is -0.405 e. The SMILES string of the molecule is CC(C)(C)[Si](OCC1NC(=S)C(OCc2ccccc2)C1OCc1ccccc1Cl)(c1ccccc1)c1ccccc1. The van der Waals surface area contributed by atoms with Crippen molar-refractivity contribution in [2.24, 2.45) is 0 Å². The van der Waals surface area contributed by atoms with E-state index in [1.165, 1.54) is 10.4 Å². The molecule has 0 saturated carbocycles. The molecular weight excluding hydrogens is 578 g/mol. The quantitative estimate of drug-likeness (QED) is 0.150. The zero-order valence-corrected chi connectivity index (χ0v) is 26.9. The van der Waals surface area contributed by atoms with Gasteiger partial charge in [-0.05, 0) is 32.6 Å². The third-order valence-corrected chi connectivity index (χ3v) is 13.6. The fourth-order valence-electron chi connectivity index (χ4n) is 5.76. The van der Waals surface area contributed by atoms with Gasteiger partial charge in [-0.25, -0.2) is 0 Å². The van der Waals surface area contributed by atoms with Crippen LogP contribution in [0.4, 0.5) is 0 Å². The van der Waals surface area contributed by atoms with Crippen molar-refractivity contribution in [1.29, 1.82) is 0 Å². The van der Waals surface area contributed by atoms with Crippen molar-refractivity contribution < 1.29 is 13.9 Å². The number of nitrogens with one attached hydrogen (secondary N) is 1. The van der Waals surface area contributed by atoms with Crippen LogP contribution in [0.3, 0.4) is 0 Å². The second-order valence-corrected chi connectivity index (χ2v) is 16.8. The third-order valence-electron chi connectivity index (χ3n) is 7.84. The maximum Gasteiger partial charge on any atom is 0.261 e. The summed E-state index contributed by atoms with van der Waals surface area (Å²) in [6, 6.07) is 39.0. The molecule has 1 aliphatic heterocycles. The molecule has 1 N–H and O–H groups in total. The molecule has 0 bridgehead atoms. The number of benzene rings is 4. The van der Waals surface area contributed by atoms with Crippen molar-refractivity contribution >= 4 is 47.5 Å². The molecule has 5 rings (SSSR count). The zero-order valence-electron chi connectivity index (χ0n) is 24.3. The van der Waals surface area contributed by atoms with Crippen molar-refractivity contribution in [3.05, 3.63) is 131 Å². The van der Waals surface area contributed by atoms with E-state index in [1.807, 2.05) is 42.5 Å². The topological polar surface area (TPSA) is 39.7 Å². The van der Waals surface area contributed by atoms with Gasteiger partial charge in [0.1, 0.15) is 17.2 Å². The van der Waals surface area contributed by atoms with E-state index >= 15 is 0 Å². The molecule has 218 valence electrons. The van der Waals surface area contributed by atoms with Crippen molar-refractivity contribution in [2.45, 2.75) is 57.3 Å². The van der Waals surface area contributed by atoms with Gasteiger partial charge in [-0.1, -0.05) is 154 Å². The van der Waals surface area contributed by atoms with Crippen LogP contribution in [0, 0.1) is 0 Å². The van der Waals surface area contributed by atoms with Gasteiger partial charge in [-0.3, -0.25) is 0 Å². The molecule has 0 aromatic heterocycles. The lowest BCUT2D eigenvalue weighted by atomic mass is 10.1. The van der Waals surface area contributed by atoms with Crippen molar-refractivity contribution in [2.75, 3.05) is 6.61 Å². The monoisotopic (exact) mass is 615 g/mol. The molecule has 0 amide bonds. The molecule has 4 nitrogen and oxygen atoms in total. The van der Waals surface area contributed by atoms with Gasteiger partial charge in [0.25, 0.3) is 8.32 Å². The first kappa shape index (κ1) is 30.6. The standard InChI is InChI=1S/C35H38ClNO3SSi/c1-35(2,3)42(28-18-9-5-10-19-28,29-20-11-6-12-21-29)40-25-31-32(39-24-27-17-13-14-22-30(27)36)33(34(41)37-31)38-23-26-15-7-4-8-16-26/h4-22,31-33H,23-25H2,1-3H3,(H,37,41). The lowest BCUT2D eigenvalue weighted by Crippen LogP contribution is -2.67. The Hall–Kier alpha value is -2.84. The fourth-order valence-corrected chi connectivity index (χ4v) is 10.9. The lowest BCUT2D eigenvalue weighted by Gasteiger charge is -2.43. The number of ether oxygens (including phenoxy) is 2. The molecule has 1 fully saturated rings. The van der Waals surface area contributed by atoms with Crippen molar-refractivity contribution in [3.8, 4) is 0 Å². The number of hydrogen-bond acceptors (Lipinski definition) is 4. The molecule has 1 heterocycles. The maximum absolute atomic E-state index is 7.27. The Kier molecular flexibility index (Phi) is 9.94. The summed E-state index contributed by atoms with van der Waals surface area (Å²) in [6.07, 6.45) is -0.786. The smallest absolute Gasteiger partial charge is 0.261 e. The summed E-state index contributed by atoms with van der Waals surface area (Å²) < 4.78 is 20.3. The van der Waals surface area contributed by atoms with E-state index in [0.29, 0.717) is 29.8 Å². The molecule has 42 heavy (non-hydrogen) atoms. The molecule has 0 aliphatic carbocycles. The second-order valence-electron chi connectivity index (χ2n) is 11.7. The number of halogens is 1. The summed E-state index contributed by atoms with van der Waals surface area (Å²) in [5.41, 5.74) is 2.00. The zero-order chi connectivity index (χ0) is 29.6. The molecule has 4 aromatic rings. The average molecular weight is 616 g/mol. The van der Waals surface area contributed by atoms with Crippen LogP contribution in [0.2, 0.25) is 10.1 Å². The number of rotatable bonds is 11. The van der Waals surface area contributed by atoms with Gasteiger partial charge in [-0.15, -0.1) is 0 Å². The Morgan fingerprint density at radius 3 is 1.86 bits per heavy atom. The van der Waals surface area contributed by atoms with E-state index in [9.17, 15) is 0 Å². The second kappa shape index (κ2) is 13.6. The van der Waals surface area contributed by atoms with E-state index in [-0.39, 0.29) is 17.2 Å². The van der Waals surface area contributed by atoms with E-state index in [2.05, 4.69) is 98.9 Å². The van der Waals surface area contributed by atoms with Gasteiger partial charge in [0, 0.05) is 5.02 Å². The Balaban J connectivity index is 1.45. The molecule has 1 aliphatic rings. The summed E-state index contributed by atoms with van der Waals surface area (Å²) in [6.45, 7) is 8.03. The first-order valence-corrected chi connectivity index (χ1v) is 17.0. The Morgan fingerprint density at radius 1 is 0.738 bits per heavy atom. The Morgan fingerprint density at radius 2 is 1.29 bits per heavy atom. The van der Waals surface area contributed by atoms with Gasteiger partial charge < -0.3 is 19.2 Å². The summed E-state index contributed by atoms with van der Waals surface area (Å²) in [4.78, 5) is 0.631. The third kappa shape index (κ3) is 6.70. The van der Waals surface area contributed by atoms with Crippen LogP contribution in [-0.4, -0.2) is 38.2 Å². The van der Waals surface area contributed by atoms with Crippen LogP contribution in [0.1, 0.15) is 31.9 Å². The largest absolute Gasteiger partial charge is 0.405 e. The van der Waals surface area contributed by atoms with Gasteiger partial charge >= 0.3 is 0 Å². The summed E-state index contributed by atoms with van der Waals surface area (Å²) >= 11 is 12.3. The first-order valence-electron chi connectivity index (χ1n) is 14.4.